The van der Waals surface area contributed by atoms with Gasteiger partial charge in [0.05, 0.1) is 24.5 Å². The van der Waals surface area contributed by atoms with E-state index < -0.39 is 32.0 Å². The van der Waals surface area contributed by atoms with Crippen LogP contribution in [0.3, 0.4) is 0 Å². The number of fused-ring (bicyclic) bond motifs is 2. The number of aliphatic hydroxyl groups is 1. The Labute approximate surface area is 193 Å². The van der Waals surface area contributed by atoms with Crippen LogP contribution in [0, 0.1) is 11.8 Å². The van der Waals surface area contributed by atoms with Gasteiger partial charge in [0, 0.05) is 17.7 Å². The minimum absolute atomic E-state index is 0.0488. The van der Waals surface area contributed by atoms with E-state index in [1.54, 1.807) is 42.5 Å². The summed E-state index contributed by atoms with van der Waals surface area (Å²) in [6.07, 6.45) is 6.47. The van der Waals surface area contributed by atoms with Gasteiger partial charge >= 0.3 is 7.82 Å². The predicted octanol–water partition coefficient (Wildman–Crippen LogP) is 3.58. The molecule has 0 aliphatic heterocycles. The van der Waals surface area contributed by atoms with Gasteiger partial charge in [-0.2, -0.15) is 0 Å². The van der Waals surface area contributed by atoms with Gasteiger partial charge in [0.1, 0.15) is 6.23 Å². The summed E-state index contributed by atoms with van der Waals surface area (Å²) < 4.78 is 22.0. The lowest BCUT2D eigenvalue weighted by molar-refractivity contribution is 0.0797. The lowest BCUT2D eigenvalue weighted by atomic mass is 9.71. The molecule has 178 valence electrons. The van der Waals surface area contributed by atoms with Crippen LogP contribution in [-0.4, -0.2) is 47.0 Å². The van der Waals surface area contributed by atoms with E-state index in [1.807, 2.05) is 6.92 Å². The first-order chi connectivity index (χ1) is 15.8. The molecule has 0 aromatic heterocycles. The van der Waals surface area contributed by atoms with E-state index in [-0.39, 0.29) is 24.7 Å². The lowest BCUT2D eigenvalue weighted by Crippen LogP contribution is -2.38. The third kappa shape index (κ3) is 6.23. The highest BCUT2D eigenvalue weighted by Crippen LogP contribution is 2.45. The van der Waals surface area contributed by atoms with E-state index in [4.69, 9.17) is 9.05 Å². The summed E-state index contributed by atoms with van der Waals surface area (Å²) in [6, 6.07) is 6.77. The zero-order chi connectivity index (χ0) is 24.0. The third-order valence-electron chi connectivity index (χ3n) is 5.65. The Bertz CT molecular complexity index is 1000. The quantitative estimate of drug-likeness (QED) is 0.182. The number of rotatable bonds is 12. The van der Waals surface area contributed by atoms with Crippen LogP contribution in [0.5, 0.6) is 0 Å². The van der Waals surface area contributed by atoms with E-state index in [9.17, 15) is 24.2 Å². The second-order valence-electron chi connectivity index (χ2n) is 8.03. The summed E-state index contributed by atoms with van der Waals surface area (Å²) in [6.45, 7) is 5.75. The van der Waals surface area contributed by atoms with Crippen LogP contribution in [0.4, 0.5) is 0 Å². The van der Waals surface area contributed by atoms with Gasteiger partial charge in [0.25, 0.3) is 0 Å². The molecule has 0 radical (unpaired) electrons. The van der Waals surface area contributed by atoms with Crippen molar-refractivity contribution in [1.82, 2.24) is 5.32 Å². The maximum atomic E-state index is 12.9. The van der Waals surface area contributed by atoms with Crippen LogP contribution in [0.2, 0.25) is 0 Å². The smallest absolute Gasteiger partial charge is 0.374 e. The summed E-state index contributed by atoms with van der Waals surface area (Å²) >= 11 is 0. The molecular formula is C24H30NO7P. The molecule has 3 N–H and O–H groups in total. The van der Waals surface area contributed by atoms with Crippen LogP contribution in [0.15, 0.2) is 60.7 Å². The number of phosphoric ester groups is 1. The van der Waals surface area contributed by atoms with Gasteiger partial charge in [-0.15, -0.1) is 6.58 Å². The molecule has 0 heterocycles. The standard InChI is InChI=1S/C24H30NO7P/c1-3-8-17(4-2)32-33(29,30)31-14-7-13-25-24(28)16-11-12-20-21(15-16)23(27)19-10-6-5-9-18(19)22(20)26/h4-6,9-12,15,17,20-21,24-25,28H,2-3,7-8,13-14H2,1H3,(H,29,30). The van der Waals surface area contributed by atoms with Gasteiger partial charge < -0.3 is 10.00 Å². The van der Waals surface area contributed by atoms with Gasteiger partial charge in [-0.25, -0.2) is 4.57 Å². The molecule has 0 bridgehead atoms. The normalized spacial score (nSPS) is 23.2. The highest BCUT2D eigenvalue weighted by atomic mass is 31.2. The number of carbonyl (C=O) groups excluding carboxylic acids is 2. The molecular weight excluding hydrogens is 445 g/mol. The molecule has 9 heteroatoms. The number of hydrogen-bond donors (Lipinski definition) is 3. The molecule has 0 amide bonds. The molecule has 1 aromatic carbocycles. The summed E-state index contributed by atoms with van der Waals surface area (Å²) in [7, 11) is -4.19. The number of hydrogen-bond acceptors (Lipinski definition) is 7. The molecule has 1 aromatic rings. The minimum atomic E-state index is -4.19. The fourth-order valence-electron chi connectivity index (χ4n) is 3.95. The van der Waals surface area contributed by atoms with Gasteiger partial charge in [-0.3, -0.25) is 24.0 Å². The highest BCUT2D eigenvalue weighted by Gasteiger charge is 2.40. The van der Waals surface area contributed by atoms with Gasteiger partial charge in [0.15, 0.2) is 11.6 Å². The second kappa shape index (κ2) is 11.3. The average Bonchev–Trinajstić information content (AvgIpc) is 2.81. The molecule has 5 atom stereocenters. The lowest BCUT2D eigenvalue weighted by Gasteiger charge is -2.30. The average molecular weight is 475 g/mol. The maximum absolute atomic E-state index is 12.9. The molecule has 0 spiro atoms. The number of carbonyl (C=O) groups is 2. The Morgan fingerprint density at radius 1 is 1.21 bits per heavy atom. The van der Waals surface area contributed by atoms with Crippen molar-refractivity contribution in [2.24, 2.45) is 11.8 Å². The van der Waals surface area contributed by atoms with Crippen molar-refractivity contribution in [2.75, 3.05) is 13.2 Å². The number of Topliss-reactive ketones (excluding diaryl/α,β-unsaturated/α-hetero) is 2. The van der Waals surface area contributed by atoms with Crippen LogP contribution < -0.4 is 5.32 Å². The molecule has 33 heavy (non-hydrogen) atoms. The molecule has 3 rings (SSSR count). The van der Waals surface area contributed by atoms with Crippen LogP contribution in [-0.2, 0) is 13.6 Å². The van der Waals surface area contributed by atoms with Crippen molar-refractivity contribution in [3.05, 3.63) is 71.8 Å². The molecule has 2 aliphatic carbocycles. The Morgan fingerprint density at radius 2 is 1.88 bits per heavy atom. The maximum Gasteiger partial charge on any atom is 0.472 e. The SMILES string of the molecule is C=CC(CCC)OP(=O)(O)OCCCNC(O)C1=CC2C(=O)c3ccccc3C(=O)C2C=C1. The van der Waals surface area contributed by atoms with Crippen LogP contribution in [0.25, 0.3) is 0 Å². The van der Waals surface area contributed by atoms with E-state index in [1.165, 1.54) is 6.08 Å². The first-order valence-electron chi connectivity index (χ1n) is 11.0. The topological polar surface area (TPSA) is 122 Å². The Balaban J connectivity index is 1.49. The summed E-state index contributed by atoms with van der Waals surface area (Å²) in [4.78, 5) is 35.4. The fraction of sp³-hybridized carbons (Fsp3) is 0.417. The van der Waals surface area contributed by atoms with E-state index in [0.717, 1.165) is 6.42 Å². The number of allylic oxidation sites excluding steroid dienone is 2. The van der Waals surface area contributed by atoms with Crippen molar-refractivity contribution < 1.29 is 33.2 Å². The molecule has 0 fully saturated rings. The number of benzene rings is 1. The molecule has 5 unspecified atom stereocenters. The van der Waals surface area contributed by atoms with Crippen molar-refractivity contribution in [3.63, 3.8) is 0 Å². The molecule has 0 saturated heterocycles. The van der Waals surface area contributed by atoms with Crippen molar-refractivity contribution in [2.45, 2.75) is 38.5 Å². The highest BCUT2D eigenvalue weighted by molar-refractivity contribution is 7.47. The minimum Gasteiger partial charge on any atom is -0.374 e. The Morgan fingerprint density at radius 3 is 2.52 bits per heavy atom. The number of aliphatic hydroxyl groups excluding tert-OH is 1. The summed E-state index contributed by atoms with van der Waals surface area (Å²) in [5.74, 6) is -1.46. The van der Waals surface area contributed by atoms with E-state index in [2.05, 4.69) is 11.9 Å². The first-order valence-corrected chi connectivity index (χ1v) is 12.5. The van der Waals surface area contributed by atoms with Gasteiger partial charge in [0.2, 0.25) is 0 Å². The van der Waals surface area contributed by atoms with Gasteiger partial charge in [-0.05, 0) is 18.4 Å². The van der Waals surface area contributed by atoms with Gasteiger partial charge in [-0.1, -0.05) is 61.9 Å². The van der Waals surface area contributed by atoms with E-state index >= 15 is 0 Å². The molecule has 8 nitrogen and oxygen atoms in total. The summed E-state index contributed by atoms with van der Waals surface area (Å²) in [5, 5.41) is 13.4. The number of ketones is 2. The molecule has 0 saturated carbocycles. The second-order valence-corrected chi connectivity index (χ2v) is 9.44. The largest absolute Gasteiger partial charge is 0.472 e. The Hall–Kier alpha value is -2.19. The number of phosphoric acid groups is 1. The van der Waals surface area contributed by atoms with Crippen LogP contribution >= 0.6 is 7.82 Å². The zero-order valence-electron chi connectivity index (χ0n) is 18.6. The Kier molecular flexibility index (Phi) is 8.70. The van der Waals surface area contributed by atoms with Crippen LogP contribution in [0.1, 0.15) is 46.9 Å². The third-order valence-corrected chi connectivity index (χ3v) is 6.70. The monoisotopic (exact) mass is 475 g/mol. The number of nitrogens with one attached hydrogen (secondary N) is 1. The van der Waals surface area contributed by atoms with Crippen molar-refractivity contribution >= 4 is 19.4 Å². The summed E-state index contributed by atoms with van der Waals surface area (Å²) in [5.41, 5.74) is 1.33. The van der Waals surface area contributed by atoms with E-state index in [0.29, 0.717) is 29.5 Å². The fourth-order valence-corrected chi connectivity index (χ4v) is 4.91. The predicted molar refractivity (Wildman–Crippen MR) is 124 cm³/mol. The zero-order valence-corrected chi connectivity index (χ0v) is 19.4. The van der Waals surface area contributed by atoms with Crippen molar-refractivity contribution in [1.29, 1.82) is 0 Å². The van der Waals surface area contributed by atoms with Crippen molar-refractivity contribution in [3.8, 4) is 0 Å². The molecule has 2 aliphatic rings. The first kappa shape index (κ1) is 25.4.